The quantitative estimate of drug-likeness (QED) is 0.790. The van der Waals surface area contributed by atoms with Crippen molar-refractivity contribution in [1.82, 2.24) is 10.6 Å². The van der Waals surface area contributed by atoms with Crippen molar-refractivity contribution >= 4 is 6.03 Å². The van der Waals surface area contributed by atoms with E-state index >= 15 is 0 Å². The second kappa shape index (κ2) is 8.46. The highest BCUT2D eigenvalue weighted by Gasteiger charge is 2.15. The minimum atomic E-state index is -0.284. The Kier molecular flexibility index (Phi) is 6.27. The molecular formula is C15H21FN2O3. The number of hydrogen-bond donors (Lipinski definition) is 2. The number of carbonyl (C=O) groups excluding carboxylic acids is 1. The summed E-state index contributed by atoms with van der Waals surface area (Å²) in [6.07, 6.45) is 2.42. The van der Waals surface area contributed by atoms with Crippen LogP contribution in [0.25, 0.3) is 0 Å². The van der Waals surface area contributed by atoms with E-state index in [1.54, 1.807) is 12.1 Å². The average Bonchev–Trinajstić information content (AvgIpc) is 2.50. The molecule has 1 aromatic rings. The highest BCUT2D eigenvalue weighted by atomic mass is 19.1. The Labute approximate surface area is 123 Å². The van der Waals surface area contributed by atoms with Crippen molar-refractivity contribution in [3.05, 3.63) is 30.1 Å². The first-order chi connectivity index (χ1) is 10.2. The fourth-order valence-electron chi connectivity index (χ4n) is 2.07. The van der Waals surface area contributed by atoms with E-state index < -0.39 is 0 Å². The van der Waals surface area contributed by atoms with Crippen LogP contribution in [0.2, 0.25) is 0 Å². The predicted molar refractivity (Wildman–Crippen MR) is 76.9 cm³/mol. The number of hydrogen-bond acceptors (Lipinski definition) is 3. The lowest BCUT2D eigenvalue weighted by molar-refractivity contribution is 0.0801. The zero-order chi connectivity index (χ0) is 14.9. The molecule has 0 aromatic heterocycles. The lowest BCUT2D eigenvalue weighted by atomic mass is 10.1. The molecule has 5 nitrogen and oxygen atoms in total. The summed E-state index contributed by atoms with van der Waals surface area (Å²) in [6, 6.07) is 5.93. The smallest absolute Gasteiger partial charge is 0.315 e. The van der Waals surface area contributed by atoms with Gasteiger partial charge in [-0.15, -0.1) is 0 Å². The Morgan fingerprint density at radius 2 is 2.00 bits per heavy atom. The second-order valence-electron chi connectivity index (χ2n) is 4.94. The summed E-state index contributed by atoms with van der Waals surface area (Å²) in [4.78, 5) is 11.6. The van der Waals surface area contributed by atoms with Crippen molar-refractivity contribution in [2.24, 2.45) is 0 Å². The summed E-state index contributed by atoms with van der Waals surface area (Å²) in [5.41, 5.74) is 0. The first-order valence-corrected chi connectivity index (χ1v) is 7.24. The molecule has 2 rings (SSSR count). The third-order valence-corrected chi connectivity index (χ3v) is 3.25. The van der Waals surface area contributed by atoms with E-state index in [1.807, 2.05) is 0 Å². The van der Waals surface area contributed by atoms with Crippen LogP contribution < -0.4 is 15.4 Å². The zero-order valence-electron chi connectivity index (χ0n) is 11.9. The molecule has 1 aliphatic rings. The molecular weight excluding hydrogens is 275 g/mol. The van der Waals surface area contributed by atoms with E-state index in [0.717, 1.165) is 12.8 Å². The highest BCUT2D eigenvalue weighted by Crippen LogP contribution is 2.11. The molecule has 1 aliphatic heterocycles. The Morgan fingerprint density at radius 1 is 1.29 bits per heavy atom. The van der Waals surface area contributed by atoms with E-state index in [-0.39, 0.29) is 17.9 Å². The molecule has 1 heterocycles. The second-order valence-corrected chi connectivity index (χ2v) is 4.94. The summed E-state index contributed by atoms with van der Waals surface area (Å²) in [5.74, 6) is 0.344. The van der Waals surface area contributed by atoms with Crippen LogP contribution >= 0.6 is 0 Å². The van der Waals surface area contributed by atoms with Crippen molar-refractivity contribution in [2.75, 3.05) is 26.4 Å². The summed E-state index contributed by atoms with van der Waals surface area (Å²) in [7, 11) is 0. The Hall–Kier alpha value is -1.82. The largest absolute Gasteiger partial charge is 0.494 e. The van der Waals surface area contributed by atoms with Crippen molar-refractivity contribution in [1.29, 1.82) is 0 Å². The number of nitrogens with one attached hydrogen (secondary N) is 2. The van der Waals surface area contributed by atoms with Gasteiger partial charge in [0.05, 0.1) is 6.61 Å². The van der Waals surface area contributed by atoms with Crippen molar-refractivity contribution in [2.45, 2.75) is 25.3 Å². The Bertz CT molecular complexity index is 433. The molecule has 1 saturated heterocycles. The summed E-state index contributed by atoms with van der Waals surface area (Å²) < 4.78 is 23.4. The molecule has 0 radical (unpaired) electrons. The van der Waals surface area contributed by atoms with Crippen molar-refractivity contribution in [3.63, 3.8) is 0 Å². The Balaban J connectivity index is 1.52. The van der Waals surface area contributed by atoms with Gasteiger partial charge < -0.3 is 20.1 Å². The van der Waals surface area contributed by atoms with Gasteiger partial charge in [0.2, 0.25) is 0 Å². The van der Waals surface area contributed by atoms with Crippen LogP contribution in [0.15, 0.2) is 24.3 Å². The maximum absolute atomic E-state index is 12.7. The van der Waals surface area contributed by atoms with Crippen LogP contribution in [0.3, 0.4) is 0 Å². The molecule has 2 N–H and O–H groups in total. The number of urea groups is 1. The minimum absolute atomic E-state index is 0.149. The van der Waals surface area contributed by atoms with Gasteiger partial charge in [0.25, 0.3) is 0 Å². The first kappa shape index (κ1) is 15.6. The fourth-order valence-corrected chi connectivity index (χ4v) is 2.07. The molecule has 0 unspecified atom stereocenters. The number of ether oxygens (including phenoxy) is 2. The van der Waals surface area contributed by atoms with Crippen LogP contribution in [-0.4, -0.2) is 38.4 Å². The third-order valence-electron chi connectivity index (χ3n) is 3.25. The average molecular weight is 296 g/mol. The summed E-state index contributed by atoms with van der Waals surface area (Å²) in [5, 5.41) is 5.72. The van der Waals surface area contributed by atoms with Gasteiger partial charge in [0.1, 0.15) is 11.6 Å². The topological polar surface area (TPSA) is 59.6 Å². The maximum atomic E-state index is 12.7. The number of carbonyl (C=O) groups is 1. The molecule has 0 spiro atoms. The maximum Gasteiger partial charge on any atom is 0.315 e. The predicted octanol–water partition coefficient (Wildman–Crippen LogP) is 2.07. The molecule has 1 aromatic carbocycles. The van der Waals surface area contributed by atoms with Crippen LogP contribution in [-0.2, 0) is 4.74 Å². The van der Waals surface area contributed by atoms with Gasteiger partial charge >= 0.3 is 6.03 Å². The van der Waals surface area contributed by atoms with Crippen LogP contribution in [0.1, 0.15) is 19.3 Å². The summed E-state index contributed by atoms with van der Waals surface area (Å²) >= 11 is 0. The molecule has 0 saturated carbocycles. The minimum Gasteiger partial charge on any atom is -0.494 e. The number of benzene rings is 1. The van der Waals surface area contributed by atoms with Gasteiger partial charge in [-0.05, 0) is 43.5 Å². The van der Waals surface area contributed by atoms with Crippen LogP contribution in [0.4, 0.5) is 9.18 Å². The van der Waals surface area contributed by atoms with E-state index in [9.17, 15) is 9.18 Å². The molecule has 116 valence electrons. The lowest BCUT2D eigenvalue weighted by Crippen LogP contribution is -2.44. The van der Waals surface area contributed by atoms with Crippen LogP contribution in [0.5, 0.6) is 5.75 Å². The van der Waals surface area contributed by atoms with E-state index in [4.69, 9.17) is 9.47 Å². The van der Waals surface area contributed by atoms with Crippen LogP contribution in [0, 0.1) is 5.82 Å². The summed E-state index contributed by atoms with van der Waals surface area (Å²) in [6.45, 7) is 2.42. The third kappa shape index (κ3) is 5.99. The molecule has 21 heavy (non-hydrogen) atoms. The van der Waals surface area contributed by atoms with Gasteiger partial charge in [-0.25, -0.2) is 9.18 Å². The molecule has 0 bridgehead atoms. The molecule has 6 heteroatoms. The van der Waals surface area contributed by atoms with Crippen molar-refractivity contribution < 1.29 is 18.7 Å². The Morgan fingerprint density at radius 3 is 2.71 bits per heavy atom. The van der Waals surface area contributed by atoms with Gasteiger partial charge in [-0.3, -0.25) is 0 Å². The number of amides is 2. The van der Waals surface area contributed by atoms with Gasteiger partial charge in [-0.1, -0.05) is 0 Å². The van der Waals surface area contributed by atoms with E-state index in [2.05, 4.69) is 10.6 Å². The SMILES string of the molecule is O=C(NCCCOc1ccc(F)cc1)NC1CCOCC1. The normalized spacial score (nSPS) is 15.5. The number of rotatable bonds is 6. The molecule has 0 aliphatic carbocycles. The van der Waals surface area contributed by atoms with Gasteiger partial charge in [-0.2, -0.15) is 0 Å². The van der Waals surface area contributed by atoms with Crippen molar-refractivity contribution in [3.8, 4) is 5.75 Å². The van der Waals surface area contributed by atoms with E-state index in [0.29, 0.717) is 38.5 Å². The first-order valence-electron chi connectivity index (χ1n) is 7.24. The zero-order valence-corrected chi connectivity index (χ0v) is 11.9. The van der Waals surface area contributed by atoms with E-state index in [1.165, 1.54) is 12.1 Å². The lowest BCUT2D eigenvalue weighted by Gasteiger charge is -2.23. The highest BCUT2D eigenvalue weighted by molar-refractivity contribution is 5.74. The van der Waals surface area contributed by atoms with Gasteiger partial charge in [0, 0.05) is 25.8 Å². The standard InChI is InChI=1S/C15H21FN2O3/c16-12-2-4-14(5-3-12)21-9-1-8-17-15(19)18-13-6-10-20-11-7-13/h2-5,13H,1,6-11H2,(H2,17,18,19). The molecule has 1 fully saturated rings. The fraction of sp³-hybridized carbons (Fsp3) is 0.533. The molecule has 0 atom stereocenters. The number of halogens is 1. The monoisotopic (exact) mass is 296 g/mol. The molecule has 2 amide bonds. The van der Waals surface area contributed by atoms with Gasteiger partial charge in [0.15, 0.2) is 0 Å².